The molecule has 0 spiro atoms. The van der Waals surface area contributed by atoms with Gasteiger partial charge in [-0.05, 0) is 0 Å². The first-order valence-corrected chi connectivity index (χ1v) is 15.1. The Balaban J connectivity index is 0.000000278. The van der Waals surface area contributed by atoms with E-state index in [1.807, 2.05) is 0 Å². The summed E-state index contributed by atoms with van der Waals surface area (Å²) in [6, 6.07) is 0. The van der Waals surface area contributed by atoms with Gasteiger partial charge in [-0.15, -0.1) is 0 Å². The Hall–Kier alpha value is 1.56. The highest BCUT2D eigenvalue weighted by Crippen LogP contribution is 2.06. The van der Waals surface area contributed by atoms with Crippen LogP contribution in [0.15, 0.2) is 0 Å². The Morgan fingerprint density at radius 3 is 0.850 bits per heavy atom. The Morgan fingerprint density at radius 1 is 0.600 bits per heavy atom. The minimum atomic E-state index is -0.688. The number of hydrogen-bond donors (Lipinski definition) is 0. The largest absolute Gasteiger partial charge is 0.399 e. The van der Waals surface area contributed by atoms with Gasteiger partial charge in [0, 0.05) is 39.3 Å². The van der Waals surface area contributed by atoms with Crippen molar-refractivity contribution in [3.63, 3.8) is 0 Å². The summed E-state index contributed by atoms with van der Waals surface area (Å²) < 4.78 is 0. The number of rotatable bonds is 4. The van der Waals surface area contributed by atoms with Gasteiger partial charge >= 0.3 is 26.5 Å². The standard InChI is InChI=1S/C6H12N2.4C2H5.2Al.2ClH/c1-2-8-5-3-7(1)4-6-8;4*1-2;;;;/h1-6H2;4*1H2,2H3;;;2*1H/q;;;;;2*+1;;/p-2. The number of nitrogens with zero attached hydrogens (tertiary/aromatic N) is 2. The van der Waals surface area contributed by atoms with E-state index in [0.717, 1.165) is 0 Å². The molecule has 0 amide bonds. The van der Waals surface area contributed by atoms with Gasteiger partial charge in [-0.3, -0.25) is 29.9 Å². The lowest BCUT2D eigenvalue weighted by atomic mass is 10.2. The lowest BCUT2D eigenvalue weighted by molar-refractivity contribution is 0.0647. The van der Waals surface area contributed by atoms with E-state index in [2.05, 4.69) is 37.5 Å². The molecule has 3 heterocycles. The number of fused-ring (bicyclic) bond motifs is 3. The van der Waals surface area contributed by atoms with E-state index in [4.69, 9.17) is 20.1 Å². The van der Waals surface area contributed by atoms with E-state index in [1.165, 1.54) is 60.4 Å². The van der Waals surface area contributed by atoms with Gasteiger partial charge in [0.15, 0.2) is 0 Å². The van der Waals surface area contributed by atoms with Crippen LogP contribution >= 0.6 is 20.1 Å². The molecule has 0 N–H and O–H groups in total. The molecular formula is C14H32Al2Cl2N2. The van der Waals surface area contributed by atoms with Crippen LogP contribution in [0.25, 0.3) is 0 Å². The molecule has 3 fully saturated rings. The average molecular weight is 353 g/mol. The molecule has 118 valence electrons. The molecule has 0 aromatic heterocycles. The highest BCUT2D eigenvalue weighted by atomic mass is 35.6. The van der Waals surface area contributed by atoms with Crippen molar-refractivity contribution in [2.45, 2.75) is 48.8 Å². The van der Waals surface area contributed by atoms with E-state index in [-0.39, 0.29) is 0 Å². The van der Waals surface area contributed by atoms with Crippen LogP contribution in [0, 0.1) is 0 Å². The fourth-order valence-electron chi connectivity index (χ4n) is 2.10. The molecule has 3 rings (SSSR count). The summed E-state index contributed by atoms with van der Waals surface area (Å²) in [4.78, 5) is 5.08. The molecule has 6 heteroatoms. The first-order valence-electron chi connectivity index (χ1n) is 8.30. The van der Waals surface area contributed by atoms with E-state index >= 15 is 0 Å². The van der Waals surface area contributed by atoms with Crippen LogP contribution in [0.5, 0.6) is 0 Å². The minimum Gasteiger partial charge on any atom is -0.300 e. The van der Waals surface area contributed by atoms with Crippen LogP contribution in [-0.4, -0.2) is 75.5 Å². The summed E-state index contributed by atoms with van der Waals surface area (Å²) in [5.74, 6) is 0. The predicted molar refractivity (Wildman–Crippen MR) is 98.0 cm³/mol. The lowest BCUT2D eigenvalue weighted by Crippen LogP contribution is -2.55. The molecule has 3 saturated heterocycles. The average Bonchev–Trinajstić information content (AvgIpc) is 2.56. The van der Waals surface area contributed by atoms with Crippen molar-refractivity contribution in [3.05, 3.63) is 0 Å². The maximum absolute atomic E-state index is 5.79. The van der Waals surface area contributed by atoms with E-state index in [1.54, 1.807) is 0 Å². The predicted octanol–water partition coefficient (Wildman–Crippen LogP) is 4.13. The first kappa shape index (κ1) is 21.6. The van der Waals surface area contributed by atoms with Gasteiger partial charge in [-0.1, -0.05) is 48.8 Å². The zero-order valence-corrected chi connectivity index (χ0v) is 17.7. The highest BCUT2D eigenvalue weighted by Gasteiger charge is 2.21. The molecule has 0 radical (unpaired) electrons. The van der Waals surface area contributed by atoms with Crippen molar-refractivity contribution < 1.29 is 0 Å². The zero-order valence-electron chi connectivity index (χ0n) is 13.9. The molecule has 0 aromatic carbocycles. The van der Waals surface area contributed by atoms with Gasteiger partial charge in [0.1, 0.15) is 0 Å². The molecule has 0 unspecified atom stereocenters. The van der Waals surface area contributed by atoms with Crippen molar-refractivity contribution in [1.82, 2.24) is 9.80 Å². The van der Waals surface area contributed by atoms with Crippen molar-refractivity contribution in [2.24, 2.45) is 0 Å². The number of hydrogen-bond acceptors (Lipinski definition) is 2. The van der Waals surface area contributed by atoms with Crippen LogP contribution < -0.4 is 0 Å². The second-order valence-electron chi connectivity index (χ2n) is 5.51. The summed E-state index contributed by atoms with van der Waals surface area (Å²) >= 11 is -1.38. The van der Waals surface area contributed by atoms with Gasteiger partial charge < -0.3 is 0 Å². The quantitative estimate of drug-likeness (QED) is 0.701. The molecule has 0 saturated carbocycles. The van der Waals surface area contributed by atoms with Gasteiger partial charge in [-0.25, -0.2) is 0 Å². The molecule has 2 nitrogen and oxygen atoms in total. The van der Waals surface area contributed by atoms with Crippen LogP contribution in [0.1, 0.15) is 27.7 Å². The Kier molecular flexibility index (Phi) is 15.3. The van der Waals surface area contributed by atoms with E-state index < -0.39 is 26.5 Å². The molecule has 0 atom stereocenters. The van der Waals surface area contributed by atoms with Crippen molar-refractivity contribution in [3.8, 4) is 0 Å². The fraction of sp³-hybridized carbons (Fsp3) is 1.00. The lowest BCUT2D eigenvalue weighted by Gasteiger charge is -2.41. The number of piperazine rings is 3. The molecule has 0 aromatic rings. The van der Waals surface area contributed by atoms with Gasteiger partial charge in [0.05, 0.1) is 0 Å². The van der Waals surface area contributed by atoms with E-state index in [0.29, 0.717) is 0 Å². The topological polar surface area (TPSA) is 6.48 Å². The van der Waals surface area contributed by atoms with Gasteiger partial charge in [0.25, 0.3) is 0 Å². The van der Waals surface area contributed by atoms with Crippen molar-refractivity contribution >= 4 is 46.6 Å². The van der Waals surface area contributed by atoms with Crippen molar-refractivity contribution in [1.29, 1.82) is 0 Å². The normalized spacial score (nSPS) is 23.1. The maximum Gasteiger partial charge on any atom is 0.399 e. The Labute approximate surface area is 144 Å². The third-order valence-corrected chi connectivity index (χ3v) is 11.2. The molecule has 20 heavy (non-hydrogen) atoms. The zero-order chi connectivity index (χ0) is 15.4. The molecular weight excluding hydrogens is 321 g/mol. The summed E-state index contributed by atoms with van der Waals surface area (Å²) in [7, 11) is 11.6. The van der Waals surface area contributed by atoms with Crippen LogP contribution in [0.4, 0.5) is 0 Å². The first-order chi connectivity index (χ1) is 9.57. The van der Waals surface area contributed by atoms with Crippen LogP contribution in [0.2, 0.25) is 21.1 Å². The van der Waals surface area contributed by atoms with Crippen molar-refractivity contribution in [2.75, 3.05) is 39.3 Å². The number of halogens is 2. The Bertz CT molecular complexity index is 174. The summed E-state index contributed by atoms with van der Waals surface area (Å²) in [6.07, 6.45) is 0. The fourth-order valence-corrected chi connectivity index (χ4v) is 3.25. The third-order valence-electron chi connectivity index (χ3n) is 3.97. The maximum atomic E-state index is 5.79. The van der Waals surface area contributed by atoms with Crippen LogP contribution in [0.3, 0.4) is 0 Å². The smallest absolute Gasteiger partial charge is 0.300 e. The summed E-state index contributed by atoms with van der Waals surface area (Å²) in [5, 5.41) is 4.94. The molecule has 3 aliphatic rings. The van der Waals surface area contributed by atoms with Gasteiger partial charge in [-0.2, -0.15) is 0 Å². The van der Waals surface area contributed by atoms with Gasteiger partial charge in [0.2, 0.25) is 0 Å². The second kappa shape index (κ2) is 14.2. The highest BCUT2D eigenvalue weighted by molar-refractivity contribution is 7.07. The molecule has 0 aliphatic carbocycles. The van der Waals surface area contributed by atoms with Crippen LogP contribution in [-0.2, 0) is 0 Å². The SMILES string of the molecule is C1CN2CCN1CC2.C[CH2][Al]([Cl])[CH2]C.C[CH2][Al]([Cl])[CH2]C. The second-order valence-corrected chi connectivity index (χ2v) is 14.9. The Morgan fingerprint density at radius 2 is 0.800 bits per heavy atom. The molecule has 3 aliphatic heterocycles. The minimum absolute atomic E-state index is 0.688. The monoisotopic (exact) mass is 352 g/mol. The molecule has 2 bridgehead atoms. The summed E-state index contributed by atoms with van der Waals surface area (Å²) in [5.41, 5.74) is 0. The van der Waals surface area contributed by atoms with E-state index in [9.17, 15) is 0 Å². The summed E-state index contributed by atoms with van der Waals surface area (Å²) in [6.45, 7) is 16.6. The third kappa shape index (κ3) is 11.2.